The van der Waals surface area contributed by atoms with Gasteiger partial charge in [0.1, 0.15) is 59.7 Å². The van der Waals surface area contributed by atoms with Crippen LogP contribution in [0.15, 0.2) is 24.3 Å². The Morgan fingerprint density at radius 2 is 1.13 bits per heavy atom. The van der Waals surface area contributed by atoms with Crippen molar-refractivity contribution in [3.8, 4) is 5.75 Å². The standard InChI is InChI=1S/C67H105N9O14/c1-18-40(9)56-58(79)68-36-51(77)72(13)54(38(5)6)59(80)69-48(31-43-23-25-47(88-17)26-24-43)66(87)89-42(11)61(82)76-27-21-20-22-49(76)62(83)73(14)55(39(7)8)60(81)70-53(37(3)4)64(85)71(12)50(63(84)75(16)57(41(10)19-2)65(86)74(56)15)32-52(78)90-67-33-44-28-45(34-67)30-46(29-44)35-67/h23-26,37-42,44-46,48-50,53-57H,18-22,27-36H2,1-17H3,(H,68,79)(H,69,80)(H,70,81)/t40-,41+,42-,44?,45?,46?,48+,49+,50-,53+,54+,55+,56+,57+,67?/m1/s1. The van der Waals surface area contributed by atoms with Crippen LogP contribution >= 0.6 is 0 Å². The lowest BCUT2D eigenvalue weighted by Gasteiger charge is -2.55. The fourth-order valence-corrected chi connectivity index (χ4v) is 15.1. The molecule has 2 aliphatic heterocycles. The van der Waals surface area contributed by atoms with Crippen molar-refractivity contribution in [3.63, 3.8) is 0 Å². The summed E-state index contributed by atoms with van der Waals surface area (Å²) in [6, 6.07) is -3.43. The number of nitrogens with zero attached hydrogens (tertiary/aromatic N) is 6. The average molecular weight is 1260 g/mol. The summed E-state index contributed by atoms with van der Waals surface area (Å²) in [5, 5.41) is 8.41. The van der Waals surface area contributed by atoms with Gasteiger partial charge in [-0.05, 0) is 130 Å². The second-order valence-electron chi connectivity index (χ2n) is 27.8. The first-order valence-corrected chi connectivity index (χ1v) is 32.9. The number of ether oxygens (including phenoxy) is 3. The van der Waals surface area contributed by atoms with Gasteiger partial charge in [0.15, 0.2) is 6.10 Å². The Morgan fingerprint density at radius 1 is 0.611 bits per heavy atom. The predicted octanol–water partition coefficient (Wildman–Crippen LogP) is 4.75. The van der Waals surface area contributed by atoms with Gasteiger partial charge in [0.05, 0.1) is 20.1 Å². The van der Waals surface area contributed by atoms with E-state index in [2.05, 4.69) is 16.0 Å². The van der Waals surface area contributed by atoms with Crippen LogP contribution in [0.2, 0.25) is 0 Å². The first kappa shape index (κ1) is 72.3. The Labute approximate surface area is 533 Å². The number of esters is 2. The normalized spacial score (nSPS) is 31.2. The van der Waals surface area contributed by atoms with Gasteiger partial charge in [0.25, 0.3) is 5.91 Å². The largest absolute Gasteiger partial charge is 0.497 e. The quantitative estimate of drug-likeness (QED) is 0.225. The molecule has 1 aromatic rings. The minimum atomic E-state index is -1.55. The molecule has 6 aliphatic rings. The van der Waals surface area contributed by atoms with Gasteiger partial charge in [0.2, 0.25) is 47.3 Å². The third-order valence-corrected chi connectivity index (χ3v) is 20.1. The molecule has 23 heteroatoms. The maximum absolute atomic E-state index is 15.6. The third-order valence-electron chi connectivity index (χ3n) is 20.1. The molecule has 6 fully saturated rings. The second kappa shape index (κ2) is 31.0. The molecule has 23 nitrogen and oxygen atoms in total. The molecule has 3 N–H and O–H groups in total. The Hall–Kier alpha value is -6.81. The minimum absolute atomic E-state index is 0.107. The summed E-state index contributed by atoms with van der Waals surface area (Å²) in [6.07, 6.45) is 5.33. The molecule has 4 saturated carbocycles. The van der Waals surface area contributed by atoms with E-state index in [9.17, 15) is 38.4 Å². The topological polar surface area (TPSA) is 271 Å². The maximum atomic E-state index is 15.6. The van der Waals surface area contributed by atoms with Crippen molar-refractivity contribution in [2.75, 3.05) is 55.4 Å². The molecule has 0 unspecified atom stereocenters. The van der Waals surface area contributed by atoms with E-state index in [1.54, 1.807) is 79.7 Å². The summed E-state index contributed by atoms with van der Waals surface area (Å²) in [5.74, 6) is -8.73. The van der Waals surface area contributed by atoms with Crippen LogP contribution in [0.25, 0.3) is 0 Å². The summed E-state index contributed by atoms with van der Waals surface area (Å²) >= 11 is 0. The van der Waals surface area contributed by atoms with Gasteiger partial charge in [0, 0.05) is 48.2 Å². The Morgan fingerprint density at radius 3 is 1.67 bits per heavy atom. The zero-order chi connectivity index (χ0) is 67.0. The number of fused-ring (bicyclic) bond motifs is 1. The highest BCUT2D eigenvalue weighted by molar-refractivity contribution is 5.99. The summed E-state index contributed by atoms with van der Waals surface area (Å²) < 4.78 is 17.7. The Bertz CT molecular complexity index is 2740. The van der Waals surface area contributed by atoms with E-state index in [1.807, 2.05) is 13.8 Å². The lowest BCUT2D eigenvalue weighted by Crippen LogP contribution is -2.63. The smallest absolute Gasteiger partial charge is 0.329 e. The lowest BCUT2D eigenvalue weighted by molar-refractivity contribution is -0.188. The first-order valence-electron chi connectivity index (χ1n) is 32.9. The molecule has 7 rings (SSSR count). The number of amides is 9. The molecule has 2 heterocycles. The van der Waals surface area contributed by atoms with E-state index < -0.39 is 168 Å². The van der Waals surface area contributed by atoms with Gasteiger partial charge >= 0.3 is 11.9 Å². The number of methoxy groups -OCH3 is 1. The van der Waals surface area contributed by atoms with Crippen LogP contribution in [0.1, 0.15) is 159 Å². The maximum Gasteiger partial charge on any atom is 0.329 e. The van der Waals surface area contributed by atoms with Crippen molar-refractivity contribution >= 4 is 65.1 Å². The molecule has 1 aromatic carbocycles. The fraction of sp³-hybridized carbons (Fsp3) is 0.746. The van der Waals surface area contributed by atoms with Gasteiger partial charge in [-0.25, -0.2) is 4.79 Å². The van der Waals surface area contributed by atoms with Gasteiger partial charge in [-0.1, -0.05) is 94.2 Å². The summed E-state index contributed by atoms with van der Waals surface area (Å²) in [4.78, 5) is 171. The molecule has 4 aliphatic carbocycles. The van der Waals surface area contributed by atoms with Gasteiger partial charge in [-0.15, -0.1) is 0 Å². The predicted molar refractivity (Wildman–Crippen MR) is 336 cm³/mol. The van der Waals surface area contributed by atoms with Crippen LogP contribution in [0, 0.1) is 47.3 Å². The number of carbonyl (C=O) groups excluding carboxylic acids is 11. The minimum Gasteiger partial charge on any atom is -0.497 e. The Kier molecular flexibility index (Phi) is 24.9. The van der Waals surface area contributed by atoms with Crippen LogP contribution in [0.5, 0.6) is 5.75 Å². The van der Waals surface area contributed by atoms with E-state index in [0.29, 0.717) is 74.0 Å². The molecule has 90 heavy (non-hydrogen) atoms. The second-order valence-corrected chi connectivity index (χ2v) is 27.8. The van der Waals surface area contributed by atoms with Gasteiger partial charge in [-0.3, -0.25) is 47.9 Å². The van der Waals surface area contributed by atoms with Gasteiger partial charge in [-0.2, -0.15) is 0 Å². The van der Waals surface area contributed by atoms with Gasteiger partial charge < -0.3 is 59.6 Å². The number of carbonyl (C=O) groups is 11. The van der Waals surface area contributed by atoms with Crippen LogP contribution in [0.4, 0.5) is 0 Å². The van der Waals surface area contributed by atoms with Crippen molar-refractivity contribution in [3.05, 3.63) is 29.8 Å². The van der Waals surface area contributed by atoms with Crippen LogP contribution in [-0.2, 0) is 68.6 Å². The first-order chi connectivity index (χ1) is 42.3. The van der Waals surface area contributed by atoms with Crippen LogP contribution < -0.4 is 20.7 Å². The number of piperidine rings is 1. The molecule has 502 valence electrons. The van der Waals surface area contributed by atoms with Crippen molar-refractivity contribution in [2.45, 2.75) is 220 Å². The molecule has 0 aromatic heterocycles. The third kappa shape index (κ3) is 16.6. The molecule has 9 amide bonds. The molecule has 11 atom stereocenters. The number of nitrogens with one attached hydrogen (secondary N) is 3. The number of hydrogen-bond donors (Lipinski definition) is 3. The average Bonchev–Trinajstić information content (AvgIpc) is 0.762. The van der Waals surface area contributed by atoms with Crippen molar-refractivity contribution in [1.82, 2.24) is 45.3 Å². The number of cyclic esters (lactones) is 1. The van der Waals surface area contributed by atoms with Crippen LogP contribution in [-0.4, -0.2) is 210 Å². The molecule has 0 spiro atoms. The number of likely N-dealkylation sites (N-methyl/N-ethyl adjacent to an activating group) is 5. The highest BCUT2D eigenvalue weighted by Crippen LogP contribution is 2.57. The summed E-state index contributed by atoms with van der Waals surface area (Å²) in [6.45, 7) is 18.5. The highest BCUT2D eigenvalue weighted by Gasteiger charge is 2.54. The van der Waals surface area contributed by atoms with Crippen LogP contribution in [0.3, 0.4) is 0 Å². The zero-order valence-corrected chi connectivity index (χ0v) is 56.6. The van der Waals surface area contributed by atoms with Crippen molar-refractivity contribution in [2.24, 2.45) is 47.3 Å². The van der Waals surface area contributed by atoms with E-state index >= 15 is 14.4 Å². The van der Waals surface area contributed by atoms with Crippen molar-refractivity contribution in [1.29, 1.82) is 0 Å². The fourth-order valence-electron chi connectivity index (χ4n) is 15.1. The number of rotatable bonds is 13. The van der Waals surface area contributed by atoms with E-state index in [4.69, 9.17) is 14.2 Å². The Balaban J connectivity index is 1.42. The van der Waals surface area contributed by atoms with E-state index in [0.717, 1.165) is 24.2 Å². The molecular weight excluding hydrogens is 1150 g/mol. The molecule has 2 saturated heterocycles. The lowest BCUT2D eigenvalue weighted by atomic mass is 9.54. The van der Waals surface area contributed by atoms with E-state index in [1.165, 1.54) is 73.8 Å². The van der Waals surface area contributed by atoms with E-state index in [-0.39, 0.29) is 19.4 Å². The number of benzene rings is 1. The molecular formula is C67H105N9O14. The van der Waals surface area contributed by atoms with Crippen molar-refractivity contribution < 1.29 is 67.0 Å². The summed E-state index contributed by atoms with van der Waals surface area (Å²) in [7, 11) is 8.64. The monoisotopic (exact) mass is 1260 g/mol. The summed E-state index contributed by atoms with van der Waals surface area (Å²) in [5.41, 5.74) is -0.108. The number of hydrogen-bond acceptors (Lipinski definition) is 14. The molecule has 4 bridgehead atoms. The zero-order valence-electron chi connectivity index (χ0n) is 56.6. The molecule has 0 radical (unpaired) electrons. The highest BCUT2D eigenvalue weighted by atomic mass is 16.6. The SMILES string of the molecule is CC[C@@H](C)[C@H]1C(=O)NCC(=O)N(C)[C@@H](C(C)C)C(=O)N[C@@H](Cc2ccc(OC)cc2)C(=O)O[C@H](C)C(=O)N2CCCC[C@H]2C(=O)N(C)[C@@H](C(C)C)C(=O)N[C@@H](C(C)C)C(=O)N(C)[C@H](CC(=O)OC23CC4CC(CC(C4)C2)C3)C(=O)N(C)[C@@H]([C@@H](C)CC)C(=O)N1C.